The van der Waals surface area contributed by atoms with Gasteiger partial charge in [-0.25, -0.2) is 5.43 Å². The van der Waals surface area contributed by atoms with Crippen molar-refractivity contribution in [2.75, 3.05) is 13.7 Å². The number of furan rings is 1. The molecule has 2 amide bonds. The molecular formula is C15H15N3O4. The summed E-state index contributed by atoms with van der Waals surface area (Å²) in [6, 6.07) is 9.97. The van der Waals surface area contributed by atoms with E-state index in [2.05, 4.69) is 15.8 Å². The lowest BCUT2D eigenvalue weighted by Crippen LogP contribution is -2.34. The van der Waals surface area contributed by atoms with Gasteiger partial charge in [-0.3, -0.25) is 9.59 Å². The molecule has 0 spiro atoms. The summed E-state index contributed by atoms with van der Waals surface area (Å²) in [6.45, 7) is -0.180. The number of hydrogen-bond acceptors (Lipinski definition) is 5. The van der Waals surface area contributed by atoms with Crippen molar-refractivity contribution in [3.63, 3.8) is 0 Å². The molecule has 0 unspecified atom stereocenters. The lowest BCUT2D eigenvalue weighted by molar-refractivity contribution is -0.120. The van der Waals surface area contributed by atoms with Crippen molar-refractivity contribution in [3.8, 4) is 5.75 Å². The van der Waals surface area contributed by atoms with Gasteiger partial charge in [-0.1, -0.05) is 0 Å². The molecule has 0 radical (unpaired) electrons. The third-order valence-corrected chi connectivity index (χ3v) is 2.69. The van der Waals surface area contributed by atoms with E-state index in [1.165, 1.54) is 12.5 Å². The molecule has 2 rings (SSSR count). The number of carbonyl (C=O) groups excluding carboxylic acids is 2. The first-order valence-electron chi connectivity index (χ1n) is 6.46. The Morgan fingerprint density at radius 2 is 2.05 bits per heavy atom. The highest BCUT2D eigenvalue weighted by molar-refractivity contribution is 5.96. The monoisotopic (exact) mass is 301 g/mol. The van der Waals surface area contributed by atoms with Gasteiger partial charge < -0.3 is 14.5 Å². The third kappa shape index (κ3) is 4.48. The van der Waals surface area contributed by atoms with Crippen LogP contribution >= 0.6 is 0 Å². The number of carbonyl (C=O) groups is 2. The largest absolute Gasteiger partial charge is 0.497 e. The SMILES string of the molecule is COc1ccc(C(=O)NCC(=O)N/N=C\c2ccco2)cc1. The molecule has 0 atom stereocenters. The Labute approximate surface area is 127 Å². The van der Waals surface area contributed by atoms with Crippen LogP contribution in [-0.4, -0.2) is 31.7 Å². The summed E-state index contributed by atoms with van der Waals surface area (Å²) < 4.78 is 10.0. The predicted molar refractivity (Wildman–Crippen MR) is 79.8 cm³/mol. The van der Waals surface area contributed by atoms with E-state index >= 15 is 0 Å². The van der Waals surface area contributed by atoms with E-state index in [-0.39, 0.29) is 12.5 Å². The maximum Gasteiger partial charge on any atom is 0.259 e. The molecule has 114 valence electrons. The Morgan fingerprint density at radius 3 is 2.68 bits per heavy atom. The van der Waals surface area contributed by atoms with Crippen molar-refractivity contribution < 1.29 is 18.7 Å². The van der Waals surface area contributed by atoms with Crippen molar-refractivity contribution in [2.24, 2.45) is 5.10 Å². The van der Waals surface area contributed by atoms with Crippen molar-refractivity contribution in [3.05, 3.63) is 54.0 Å². The van der Waals surface area contributed by atoms with Crippen molar-refractivity contribution in [2.45, 2.75) is 0 Å². The van der Waals surface area contributed by atoms with Crippen molar-refractivity contribution in [1.82, 2.24) is 10.7 Å². The van der Waals surface area contributed by atoms with Gasteiger partial charge in [0.2, 0.25) is 0 Å². The number of amides is 2. The number of hydrazone groups is 1. The average Bonchev–Trinajstić information content (AvgIpc) is 3.06. The van der Waals surface area contributed by atoms with Crippen LogP contribution in [0.1, 0.15) is 16.1 Å². The number of ether oxygens (including phenoxy) is 1. The number of rotatable bonds is 6. The number of benzene rings is 1. The van der Waals surface area contributed by atoms with Crippen LogP contribution in [0.15, 0.2) is 52.2 Å². The Kier molecular flexibility index (Phi) is 5.31. The van der Waals surface area contributed by atoms with Crippen LogP contribution in [0.3, 0.4) is 0 Å². The van der Waals surface area contributed by atoms with Gasteiger partial charge in [-0.2, -0.15) is 5.10 Å². The molecule has 0 saturated heterocycles. The van der Waals surface area contributed by atoms with E-state index in [1.807, 2.05) is 0 Å². The van der Waals surface area contributed by atoms with Crippen LogP contribution in [-0.2, 0) is 4.79 Å². The molecule has 0 aliphatic heterocycles. The summed E-state index contributed by atoms with van der Waals surface area (Å²) in [4.78, 5) is 23.3. The van der Waals surface area contributed by atoms with E-state index in [9.17, 15) is 9.59 Å². The van der Waals surface area contributed by atoms with Crippen LogP contribution in [0, 0.1) is 0 Å². The predicted octanol–water partition coefficient (Wildman–Crippen LogP) is 1.17. The molecular weight excluding hydrogens is 286 g/mol. The molecule has 0 bridgehead atoms. The van der Waals surface area contributed by atoms with E-state index in [1.54, 1.807) is 43.5 Å². The van der Waals surface area contributed by atoms with Crippen LogP contribution in [0.4, 0.5) is 0 Å². The first kappa shape index (κ1) is 15.3. The molecule has 2 aromatic rings. The lowest BCUT2D eigenvalue weighted by Gasteiger charge is -2.05. The van der Waals surface area contributed by atoms with Gasteiger partial charge in [0.1, 0.15) is 11.5 Å². The number of nitrogens with one attached hydrogen (secondary N) is 2. The van der Waals surface area contributed by atoms with Gasteiger partial charge in [-0.05, 0) is 36.4 Å². The molecule has 2 N–H and O–H groups in total. The summed E-state index contributed by atoms with van der Waals surface area (Å²) in [5, 5.41) is 6.19. The molecule has 22 heavy (non-hydrogen) atoms. The average molecular weight is 301 g/mol. The fourth-order valence-corrected chi connectivity index (χ4v) is 1.58. The molecule has 0 aliphatic rings. The smallest absolute Gasteiger partial charge is 0.259 e. The zero-order chi connectivity index (χ0) is 15.8. The van der Waals surface area contributed by atoms with E-state index in [0.29, 0.717) is 17.1 Å². The van der Waals surface area contributed by atoms with E-state index in [0.717, 1.165) is 0 Å². The van der Waals surface area contributed by atoms with E-state index in [4.69, 9.17) is 9.15 Å². The van der Waals surface area contributed by atoms with Crippen molar-refractivity contribution >= 4 is 18.0 Å². The highest BCUT2D eigenvalue weighted by Gasteiger charge is 2.07. The van der Waals surface area contributed by atoms with Gasteiger partial charge in [0.05, 0.1) is 26.1 Å². The Hall–Kier alpha value is -3.09. The van der Waals surface area contributed by atoms with Gasteiger partial charge >= 0.3 is 0 Å². The molecule has 7 nitrogen and oxygen atoms in total. The van der Waals surface area contributed by atoms with Crippen LogP contribution in [0.2, 0.25) is 0 Å². The fourth-order valence-electron chi connectivity index (χ4n) is 1.58. The standard InChI is InChI=1S/C15H15N3O4/c1-21-12-6-4-11(5-7-12)15(20)16-10-14(19)18-17-9-13-3-2-8-22-13/h2-9H,10H2,1H3,(H,16,20)(H,18,19)/b17-9-. The molecule has 1 aromatic heterocycles. The molecule has 0 saturated carbocycles. The highest BCUT2D eigenvalue weighted by atomic mass is 16.5. The van der Waals surface area contributed by atoms with Crippen LogP contribution in [0.5, 0.6) is 5.75 Å². The van der Waals surface area contributed by atoms with E-state index < -0.39 is 5.91 Å². The lowest BCUT2D eigenvalue weighted by atomic mass is 10.2. The Balaban J connectivity index is 1.76. The summed E-state index contributed by atoms with van der Waals surface area (Å²) in [7, 11) is 1.54. The number of methoxy groups -OCH3 is 1. The summed E-state index contributed by atoms with van der Waals surface area (Å²) >= 11 is 0. The second kappa shape index (κ2) is 7.63. The van der Waals surface area contributed by atoms with Gasteiger partial charge in [-0.15, -0.1) is 0 Å². The molecule has 7 heteroatoms. The molecule has 0 fully saturated rings. The second-order valence-electron chi connectivity index (χ2n) is 4.22. The normalized spacial score (nSPS) is 10.4. The first-order valence-corrected chi connectivity index (χ1v) is 6.46. The Bertz CT molecular complexity index is 648. The molecule has 0 aliphatic carbocycles. The van der Waals surface area contributed by atoms with Crippen molar-refractivity contribution in [1.29, 1.82) is 0 Å². The number of nitrogens with zero attached hydrogens (tertiary/aromatic N) is 1. The van der Waals surface area contributed by atoms with Crippen LogP contribution in [0.25, 0.3) is 0 Å². The minimum atomic E-state index is -0.440. The van der Waals surface area contributed by atoms with Gasteiger partial charge in [0.25, 0.3) is 11.8 Å². The van der Waals surface area contributed by atoms with Crippen LogP contribution < -0.4 is 15.5 Å². The maximum atomic E-state index is 11.8. The summed E-state index contributed by atoms with van der Waals surface area (Å²) in [5.74, 6) is 0.376. The summed E-state index contributed by atoms with van der Waals surface area (Å²) in [6.07, 6.45) is 2.86. The Morgan fingerprint density at radius 1 is 1.27 bits per heavy atom. The highest BCUT2D eigenvalue weighted by Crippen LogP contribution is 2.10. The minimum Gasteiger partial charge on any atom is -0.497 e. The summed E-state index contributed by atoms with van der Waals surface area (Å²) in [5.41, 5.74) is 2.72. The van der Waals surface area contributed by atoms with Gasteiger partial charge in [0, 0.05) is 5.56 Å². The molecule has 1 heterocycles. The third-order valence-electron chi connectivity index (χ3n) is 2.69. The zero-order valence-corrected chi connectivity index (χ0v) is 11.9. The molecule has 1 aromatic carbocycles. The second-order valence-corrected chi connectivity index (χ2v) is 4.22. The topological polar surface area (TPSA) is 92.9 Å². The first-order chi connectivity index (χ1) is 10.7. The number of hydrogen-bond donors (Lipinski definition) is 2. The zero-order valence-electron chi connectivity index (χ0n) is 11.9. The minimum absolute atomic E-state index is 0.180. The maximum absolute atomic E-state index is 11.8. The quantitative estimate of drug-likeness (QED) is 0.618. The fraction of sp³-hybridized carbons (Fsp3) is 0.133. The van der Waals surface area contributed by atoms with Gasteiger partial charge in [0.15, 0.2) is 0 Å².